The number of likely N-dealkylation sites (N-methyl/N-ethyl adjacent to an activating group) is 1. The first-order valence-electron chi connectivity index (χ1n) is 6.35. The molecule has 0 spiro atoms. The number of aliphatic hydroxyl groups excluding tert-OH is 1. The van der Waals surface area contributed by atoms with Gasteiger partial charge in [-0.15, -0.1) is 0 Å². The van der Waals surface area contributed by atoms with Crippen LogP contribution in [0, 0.1) is 5.92 Å². The van der Waals surface area contributed by atoms with Gasteiger partial charge >= 0.3 is 0 Å². The van der Waals surface area contributed by atoms with Crippen LogP contribution in [0.1, 0.15) is 32.1 Å². The predicted octanol–water partition coefficient (Wildman–Crippen LogP) is 0.358. The van der Waals surface area contributed by atoms with E-state index in [0.29, 0.717) is 6.54 Å². The summed E-state index contributed by atoms with van der Waals surface area (Å²) in [6.07, 6.45) is 5.27. The lowest BCUT2D eigenvalue weighted by Gasteiger charge is -2.31. The van der Waals surface area contributed by atoms with E-state index in [1.54, 1.807) is 4.90 Å². The highest BCUT2D eigenvalue weighted by Crippen LogP contribution is 2.26. The van der Waals surface area contributed by atoms with Gasteiger partial charge in [0.15, 0.2) is 0 Å². The van der Waals surface area contributed by atoms with Crippen molar-refractivity contribution in [1.82, 2.24) is 10.2 Å². The smallest absolute Gasteiger partial charge is 0.225 e. The van der Waals surface area contributed by atoms with Crippen molar-refractivity contribution in [2.75, 3.05) is 20.1 Å². The zero-order valence-electron chi connectivity index (χ0n) is 9.98. The molecular weight excluding hydrogens is 204 g/mol. The molecule has 0 radical (unpaired) electrons. The number of nitrogens with one attached hydrogen (secondary N) is 1. The van der Waals surface area contributed by atoms with E-state index in [0.717, 1.165) is 19.4 Å². The molecule has 2 atom stereocenters. The molecule has 4 heteroatoms. The lowest BCUT2D eigenvalue weighted by atomic mass is 9.88. The van der Waals surface area contributed by atoms with E-state index in [1.165, 1.54) is 19.3 Å². The predicted molar refractivity (Wildman–Crippen MR) is 62.0 cm³/mol. The topological polar surface area (TPSA) is 52.6 Å². The average Bonchev–Trinajstić information content (AvgIpc) is 2.75. The summed E-state index contributed by atoms with van der Waals surface area (Å²) in [7, 11) is 1.83. The Kier molecular flexibility index (Phi) is 3.82. The van der Waals surface area contributed by atoms with Gasteiger partial charge in [0.25, 0.3) is 0 Å². The largest absolute Gasteiger partial charge is 0.390 e. The molecule has 2 aliphatic rings. The molecule has 0 aromatic carbocycles. The lowest BCUT2D eigenvalue weighted by Crippen LogP contribution is -2.46. The number of hydrogen-bond donors (Lipinski definition) is 2. The first kappa shape index (κ1) is 11.9. The maximum absolute atomic E-state index is 12.2. The van der Waals surface area contributed by atoms with E-state index < -0.39 is 6.10 Å². The molecular formula is C12H22N2O2. The third kappa shape index (κ3) is 2.38. The fraction of sp³-hybridized carbons (Fsp3) is 0.917. The van der Waals surface area contributed by atoms with E-state index in [1.807, 2.05) is 7.05 Å². The molecule has 2 fully saturated rings. The molecule has 0 aromatic rings. The molecule has 1 aliphatic heterocycles. The van der Waals surface area contributed by atoms with Crippen LogP contribution in [0.15, 0.2) is 0 Å². The van der Waals surface area contributed by atoms with Crippen molar-refractivity contribution in [2.45, 2.75) is 44.2 Å². The first-order chi connectivity index (χ1) is 7.70. The molecule has 0 unspecified atom stereocenters. The molecule has 92 valence electrons. The molecule has 2 N–H and O–H groups in total. The Morgan fingerprint density at radius 1 is 1.25 bits per heavy atom. The number of rotatable bonds is 2. The summed E-state index contributed by atoms with van der Waals surface area (Å²) in [6, 6.07) is -0.0329. The Morgan fingerprint density at radius 3 is 2.50 bits per heavy atom. The summed E-state index contributed by atoms with van der Waals surface area (Å²) in [5.74, 6) is 0.430. The van der Waals surface area contributed by atoms with Crippen LogP contribution in [0.5, 0.6) is 0 Å². The van der Waals surface area contributed by atoms with Crippen LogP contribution in [-0.4, -0.2) is 48.2 Å². The molecule has 1 saturated carbocycles. The van der Waals surface area contributed by atoms with Crippen LogP contribution >= 0.6 is 0 Å². The molecule has 2 rings (SSSR count). The van der Waals surface area contributed by atoms with Crippen molar-refractivity contribution in [3.63, 3.8) is 0 Å². The van der Waals surface area contributed by atoms with Crippen molar-refractivity contribution in [1.29, 1.82) is 0 Å². The van der Waals surface area contributed by atoms with Crippen molar-refractivity contribution >= 4 is 5.91 Å². The van der Waals surface area contributed by atoms with Crippen LogP contribution in [0.3, 0.4) is 0 Å². The van der Waals surface area contributed by atoms with Gasteiger partial charge < -0.3 is 15.3 Å². The highest BCUT2D eigenvalue weighted by atomic mass is 16.3. The van der Waals surface area contributed by atoms with Crippen LogP contribution < -0.4 is 5.32 Å². The Balaban J connectivity index is 1.92. The number of β-amino-alcohol motifs (C(OH)–C–C–N with tert-alkyl or cyclic N) is 1. The van der Waals surface area contributed by atoms with Crippen molar-refractivity contribution < 1.29 is 9.90 Å². The van der Waals surface area contributed by atoms with E-state index in [9.17, 15) is 9.90 Å². The van der Waals surface area contributed by atoms with Gasteiger partial charge in [-0.2, -0.15) is 0 Å². The SMILES string of the molecule is CN(C(=O)C1CCCCC1)[C@H]1CNC[C@@H]1O. The summed E-state index contributed by atoms with van der Waals surface area (Å²) >= 11 is 0. The number of amides is 1. The number of hydrogen-bond acceptors (Lipinski definition) is 3. The lowest BCUT2D eigenvalue weighted by molar-refractivity contribution is -0.138. The normalized spacial score (nSPS) is 31.6. The van der Waals surface area contributed by atoms with Gasteiger partial charge in [-0.1, -0.05) is 19.3 Å². The van der Waals surface area contributed by atoms with E-state index in [-0.39, 0.29) is 17.9 Å². The maximum atomic E-state index is 12.2. The highest BCUT2D eigenvalue weighted by Gasteiger charge is 2.34. The van der Waals surface area contributed by atoms with Crippen molar-refractivity contribution in [3.8, 4) is 0 Å². The molecule has 1 amide bonds. The Morgan fingerprint density at radius 2 is 1.94 bits per heavy atom. The fourth-order valence-corrected chi connectivity index (χ4v) is 2.85. The molecule has 0 bridgehead atoms. The van der Waals surface area contributed by atoms with Crippen molar-refractivity contribution in [2.24, 2.45) is 5.92 Å². The minimum atomic E-state index is -0.405. The Labute approximate surface area is 97.0 Å². The quantitative estimate of drug-likeness (QED) is 0.715. The number of carbonyl (C=O) groups excluding carboxylic acids is 1. The zero-order valence-corrected chi connectivity index (χ0v) is 9.98. The third-order valence-electron chi connectivity index (χ3n) is 3.95. The Bertz CT molecular complexity index is 251. The minimum absolute atomic E-state index is 0.0329. The Hall–Kier alpha value is -0.610. The summed E-state index contributed by atoms with van der Waals surface area (Å²) < 4.78 is 0. The highest BCUT2D eigenvalue weighted by molar-refractivity contribution is 5.79. The first-order valence-corrected chi connectivity index (χ1v) is 6.35. The monoisotopic (exact) mass is 226 g/mol. The maximum Gasteiger partial charge on any atom is 0.225 e. The zero-order chi connectivity index (χ0) is 11.5. The summed E-state index contributed by atoms with van der Waals surface area (Å²) in [5, 5.41) is 12.9. The van der Waals surface area contributed by atoms with Crippen LogP contribution in [0.2, 0.25) is 0 Å². The second kappa shape index (κ2) is 5.15. The van der Waals surface area contributed by atoms with Gasteiger partial charge in [-0.3, -0.25) is 4.79 Å². The van der Waals surface area contributed by atoms with Crippen LogP contribution in [0.4, 0.5) is 0 Å². The van der Waals surface area contributed by atoms with Gasteiger partial charge in [-0.25, -0.2) is 0 Å². The van der Waals surface area contributed by atoms with Gasteiger partial charge in [0.05, 0.1) is 12.1 Å². The van der Waals surface area contributed by atoms with E-state index >= 15 is 0 Å². The second-order valence-corrected chi connectivity index (χ2v) is 5.08. The molecule has 1 saturated heterocycles. The van der Waals surface area contributed by atoms with Crippen LogP contribution in [-0.2, 0) is 4.79 Å². The van der Waals surface area contributed by atoms with E-state index in [2.05, 4.69) is 5.32 Å². The van der Waals surface area contributed by atoms with Gasteiger partial charge in [0.2, 0.25) is 5.91 Å². The summed E-state index contributed by atoms with van der Waals surface area (Å²) in [6.45, 7) is 1.32. The standard InChI is InChI=1S/C12H22N2O2/c1-14(10-7-13-8-11(10)15)12(16)9-5-3-2-4-6-9/h9-11,13,15H,2-8H2,1H3/t10-,11-/m0/s1. The number of aliphatic hydroxyl groups is 1. The molecule has 4 nitrogen and oxygen atoms in total. The van der Waals surface area contributed by atoms with Gasteiger partial charge in [-0.05, 0) is 12.8 Å². The molecule has 16 heavy (non-hydrogen) atoms. The second-order valence-electron chi connectivity index (χ2n) is 5.08. The fourth-order valence-electron chi connectivity index (χ4n) is 2.85. The minimum Gasteiger partial charge on any atom is -0.390 e. The number of carbonyl (C=O) groups is 1. The molecule has 1 aliphatic carbocycles. The van der Waals surface area contributed by atoms with Crippen LogP contribution in [0.25, 0.3) is 0 Å². The number of nitrogens with zero attached hydrogens (tertiary/aromatic N) is 1. The van der Waals surface area contributed by atoms with E-state index in [4.69, 9.17) is 0 Å². The van der Waals surface area contributed by atoms with Gasteiger partial charge in [0, 0.05) is 26.1 Å². The summed E-state index contributed by atoms with van der Waals surface area (Å²) in [5.41, 5.74) is 0. The third-order valence-corrected chi connectivity index (χ3v) is 3.95. The summed E-state index contributed by atoms with van der Waals surface area (Å²) in [4.78, 5) is 14.0. The molecule has 1 heterocycles. The van der Waals surface area contributed by atoms with Gasteiger partial charge in [0.1, 0.15) is 0 Å². The average molecular weight is 226 g/mol. The van der Waals surface area contributed by atoms with Crippen molar-refractivity contribution in [3.05, 3.63) is 0 Å². The molecule has 0 aromatic heterocycles.